The van der Waals surface area contributed by atoms with Gasteiger partial charge in [-0.3, -0.25) is 9.35 Å². The Balaban J connectivity index is 2.46. The number of hydrogen-bond acceptors (Lipinski definition) is 10. The molecule has 0 spiro atoms. The summed E-state index contributed by atoms with van der Waals surface area (Å²) in [5.41, 5.74) is 0. The fourth-order valence-electron chi connectivity index (χ4n) is 7.28. The zero-order valence-corrected chi connectivity index (χ0v) is 36.0. The second kappa shape index (κ2) is 34.7. The average Bonchev–Trinajstić information content (AvgIpc) is 3.16. The van der Waals surface area contributed by atoms with E-state index in [1.54, 1.807) is 6.08 Å². The number of unbranched alkanes of at least 4 members (excludes halogenated alkanes) is 26. The maximum atomic E-state index is 13.0. The van der Waals surface area contributed by atoms with Crippen LogP contribution in [-0.4, -0.2) is 95.4 Å². The fourth-order valence-corrected chi connectivity index (χ4v) is 7.79. The molecule has 332 valence electrons. The lowest BCUT2D eigenvalue weighted by Gasteiger charge is -2.41. The summed E-state index contributed by atoms with van der Waals surface area (Å²) in [7, 11) is -5.08. The van der Waals surface area contributed by atoms with Crippen LogP contribution in [0.3, 0.4) is 0 Å². The Bertz CT molecular complexity index is 1060. The molecular formula is C43H83NO11S. The van der Waals surface area contributed by atoms with Gasteiger partial charge in [0.05, 0.1) is 25.4 Å². The molecule has 1 aliphatic heterocycles. The number of ether oxygens (including phenoxy) is 2. The highest BCUT2D eigenvalue weighted by Gasteiger charge is 2.48. The second-order valence-electron chi connectivity index (χ2n) is 16.0. The molecule has 0 aromatic carbocycles. The first-order chi connectivity index (χ1) is 27.0. The minimum absolute atomic E-state index is 0.262. The number of aliphatic hydroxyl groups excluding tert-OH is 4. The average molecular weight is 822 g/mol. The van der Waals surface area contributed by atoms with E-state index in [1.165, 1.54) is 135 Å². The fraction of sp³-hybridized carbons (Fsp3) is 0.930. The highest BCUT2D eigenvalue weighted by molar-refractivity contribution is 7.80. The van der Waals surface area contributed by atoms with Gasteiger partial charge in [-0.05, 0) is 19.3 Å². The van der Waals surface area contributed by atoms with Gasteiger partial charge in [0.25, 0.3) is 0 Å². The van der Waals surface area contributed by atoms with Gasteiger partial charge in [0.15, 0.2) is 6.29 Å². The van der Waals surface area contributed by atoms with Gasteiger partial charge < -0.3 is 35.2 Å². The van der Waals surface area contributed by atoms with Crippen molar-refractivity contribution in [2.24, 2.45) is 0 Å². The first-order valence-corrected chi connectivity index (χ1v) is 23.9. The maximum Gasteiger partial charge on any atom is 0.397 e. The molecule has 1 fully saturated rings. The van der Waals surface area contributed by atoms with Crippen molar-refractivity contribution < 1.29 is 51.8 Å². The lowest BCUT2D eigenvalue weighted by atomic mass is 9.99. The van der Waals surface area contributed by atoms with Gasteiger partial charge in [-0.1, -0.05) is 187 Å². The van der Waals surface area contributed by atoms with E-state index in [2.05, 4.69) is 23.3 Å². The molecule has 1 rings (SSSR count). The molecule has 0 radical (unpaired) electrons. The van der Waals surface area contributed by atoms with Gasteiger partial charge in [-0.15, -0.1) is 0 Å². The largest absolute Gasteiger partial charge is 0.397 e. The van der Waals surface area contributed by atoms with Crippen LogP contribution in [0.25, 0.3) is 0 Å². The van der Waals surface area contributed by atoms with Crippen molar-refractivity contribution in [3.05, 3.63) is 12.2 Å². The van der Waals surface area contributed by atoms with E-state index in [4.69, 9.17) is 14.0 Å². The zero-order valence-electron chi connectivity index (χ0n) is 35.2. The van der Waals surface area contributed by atoms with Crippen LogP contribution in [0.2, 0.25) is 0 Å². The summed E-state index contributed by atoms with van der Waals surface area (Å²) in [6.45, 7) is 3.36. The summed E-state index contributed by atoms with van der Waals surface area (Å²) in [6.07, 6.45) is 28.3. The Labute approximate surface area is 340 Å². The first-order valence-electron chi connectivity index (χ1n) is 22.6. The molecule has 0 aromatic heterocycles. The smallest absolute Gasteiger partial charge is 0.394 e. The molecule has 0 bridgehead atoms. The van der Waals surface area contributed by atoms with E-state index in [0.717, 1.165) is 38.5 Å². The molecular weight excluding hydrogens is 739 g/mol. The zero-order chi connectivity index (χ0) is 41.3. The van der Waals surface area contributed by atoms with Crippen molar-refractivity contribution in [1.82, 2.24) is 5.32 Å². The van der Waals surface area contributed by atoms with Crippen molar-refractivity contribution >= 4 is 16.3 Å². The molecule has 0 saturated carbocycles. The van der Waals surface area contributed by atoms with Crippen LogP contribution in [-0.2, 0) is 28.9 Å². The number of carbonyl (C=O) groups is 1. The topological polar surface area (TPSA) is 192 Å². The number of aliphatic hydroxyl groups is 4. The molecule has 13 heteroatoms. The highest BCUT2D eigenvalue weighted by Crippen LogP contribution is 2.26. The Morgan fingerprint density at radius 2 is 1.12 bits per heavy atom. The SMILES string of the molecule is CCCCCCCCCC/C=C/C(O)C(COC1OC(CO)C(O)C(OS(=O)(=O)O)C1O)NC(=O)CCCCCCCCCCCCCCCCCCCCC. The Kier molecular flexibility index (Phi) is 32.7. The number of allylic oxidation sites excluding steroid dienone is 1. The number of carbonyl (C=O) groups excluding carboxylic acids is 1. The second-order valence-corrected chi connectivity index (χ2v) is 17.0. The summed E-state index contributed by atoms with van der Waals surface area (Å²) >= 11 is 0. The molecule has 7 unspecified atom stereocenters. The van der Waals surface area contributed by atoms with E-state index in [9.17, 15) is 33.6 Å². The number of rotatable bonds is 38. The van der Waals surface area contributed by atoms with Gasteiger partial charge in [-0.25, -0.2) is 4.18 Å². The van der Waals surface area contributed by atoms with Gasteiger partial charge in [-0.2, -0.15) is 8.42 Å². The van der Waals surface area contributed by atoms with Crippen molar-refractivity contribution in [2.75, 3.05) is 13.2 Å². The minimum atomic E-state index is -5.08. The van der Waals surface area contributed by atoms with Crippen molar-refractivity contribution in [1.29, 1.82) is 0 Å². The third-order valence-electron chi connectivity index (χ3n) is 10.8. The molecule has 1 aliphatic rings. The van der Waals surface area contributed by atoms with Gasteiger partial charge in [0, 0.05) is 6.42 Å². The van der Waals surface area contributed by atoms with Crippen LogP contribution in [0.15, 0.2) is 12.2 Å². The Morgan fingerprint density at radius 3 is 1.55 bits per heavy atom. The summed E-state index contributed by atoms with van der Waals surface area (Å²) in [5.74, 6) is -0.262. The quantitative estimate of drug-likeness (QED) is 0.0199. The van der Waals surface area contributed by atoms with Crippen LogP contribution in [0.5, 0.6) is 0 Å². The predicted octanol–water partition coefficient (Wildman–Crippen LogP) is 8.38. The van der Waals surface area contributed by atoms with Crippen molar-refractivity contribution in [3.8, 4) is 0 Å². The lowest BCUT2D eigenvalue weighted by Crippen LogP contribution is -2.61. The van der Waals surface area contributed by atoms with Crippen LogP contribution < -0.4 is 5.32 Å². The number of nitrogens with one attached hydrogen (secondary N) is 1. The first kappa shape index (κ1) is 52.9. The molecule has 1 amide bonds. The van der Waals surface area contributed by atoms with E-state index < -0.39 is 59.9 Å². The van der Waals surface area contributed by atoms with Gasteiger partial charge in [0.1, 0.15) is 24.4 Å². The molecule has 1 saturated heterocycles. The number of amides is 1. The molecule has 56 heavy (non-hydrogen) atoms. The molecule has 1 heterocycles. The van der Waals surface area contributed by atoms with E-state index in [0.29, 0.717) is 6.42 Å². The van der Waals surface area contributed by atoms with E-state index in [1.807, 2.05) is 6.08 Å². The summed E-state index contributed by atoms with van der Waals surface area (Å²) in [6, 6.07) is -0.936. The summed E-state index contributed by atoms with van der Waals surface area (Å²) in [5, 5.41) is 44.5. The third kappa shape index (κ3) is 27.5. The summed E-state index contributed by atoms with van der Waals surface area (Å²) < 4.78 is 47.5. The summed E-state index contributed by atoms with van der Waals surface area (Å²) in [4.78, 5) is 13.0. The van der Waals surface area contributed by atoms with Gasteiger partial charge >= 0.3 is 10.4 Å². The maximum absolute atomic E-state index is 13.0. The van der Waals surface area contributed by atoms with Crippen LogP contribution in [0, 0.1) is 0 Å². The molecule has 6 N–H and O–H groups in total. The molecule has 0 aliphatic carbocycles. The van der Waals surface area contributed by atoms with Crippen molar-refractivity contribution in [2.45, 2.75) is 243 Å². The van der Waals surface area contributed by atoms with Crippen LogP contribution >= 0.6 is 0 Å². The Morgan fingerprint density at radius 1 is 0.696 bits per heavy atom. The van der Waals surface area contributed by atoms with E-state index >= 15 is 0 Å². The third-order valence-corrected chi connectivity index (χ3v) is 11.3. The predicted molar refractivity (Wildman–Crippen MR) is 222 cm³/mol. The van der Waals surface area contributed by atoms with Gasteiger partial charge in [0.2, 0.25) is 5.91 Å². The monoisotopic (exact) mass is 822 g/mol. The standard InChI is InChI=1S/C43H83NO11S/c1-3-5-7-9-11-13-15-16-17-18-19-20-21-22-23-25-27-29-31-33-39(47)44-36(37(46)32-30-28-26-24-14-12-10-8-6-4-2)35-53-43-41(49)42(55-56(50,51)52)40(48)38(34-45)54-43/h30,32,36-38,40-43,45-46,48-49H,3-29,31,33-35H2,1-2H3,(H,44,47)(H,50,51,52)/b32-30+. The van der Waals surface area contributed by atoms with Crippen LogP contribution in [0.1, 0.15) is 200 Å². The van der Waals surface area contributed by atoms with Crippen LogP contribution in [0.4, 0.5) is 0 Å². The number of hydrogen-bond donors (Lipinski definition) is 6. The molecule has 7 atom stereocenters. The molecule has 0 aromatic rings. The minimum Gasteiger partial charge on any atom is -0.394 e. The highest BCUT2D eigenvalue weighted by atomic mass is 32.3. The van der Waals surface area contributed by atoms with E-state index in [-0.39, 0.29) is 18.9 Å². The lowest BCUT2D eigenvalue weighted by molar-refractivity contribution is -0.298. The molecule has 12 nitrogen and oxygen atoms in total. The van der Waals surface area contributed by atoms with Crippen molar-refractivity contribution in [3.63, 3.8) is 0 Å². The Hall–Kier alpha value is -1.16. The normalized spacial score (nSPS) is 21.4.